The topological polar surface area (TPSA) is 97.3 Å². The van der Waals surface area contributed by atoms with E-state index in [9.17, 15) is 0 Å². The van der Waals surface area contributed by atoms with Crippen molar-refractivity contribution in [1.82, 2.24) is 4.98 Å². The molecule has 0 fully saturated rings. The standard InChI is InChI=1S/C11H9N3.3CO.ClH.Re/c1-2-6-10(7-3-1)13-14-11-8-4-5-9-12-11;3*1-2;;/h1-9H;;;;1H;/q;;;;;+1/p-1. The van der Waals surface area contributed by atoms with Gasteiger partial charge in [0.1, 0.15) is 0 Å². The molecule has 0 atom stereocenters. The molecular formula is C14H9ClN3O3Re. The van der Waals surface area contributed by atoms with Gasteiger partial charge >= 0.3 is 61.6 Å². The molecule has 0 saturated carbocycles. The van der Waals surface area contributed by atoms with Gasteiger partial charge in [-0.15, -0.1) is 10.2 Å². The summed E-state index contributed by atoms with van der Waals surface area (Å²) in [5.41, 5.74) is 0.832. The Bertz CT molecular complexity index is 490. The van der Waals surface area contributed by atoms with Crippen molar-refractivity contribution in [3.8, 4) is 0 Å². The van der Waals surface area contributed by atoms with Crippen LogP contribution >= 0.6 is 9.53 Å². The fourth-order valence-electron chi connectivity index (χ4n) is 1.02. The second-order valence-electron chi connectivity index (χ2n) is 2.72. The largest absolute Gasteiger partial charge is 0.236 e. The maximum atomic E-state index is 7.50. The summed E-state index contributed by atoms with van der Waals surface area (Å²) in [4.78, 5) is 4.03. The Balaban J connectivity index is -0.000000394. The van der Waals surface area contributed by atoms with Gasteiger partial charge in [0, 0.05) is 6.20 Å². The van der Waals surface area contributed by atoms with Crippen molar-refractivity contribution in [3.63, 3.8) is 0 Å². The molecule has 0 aliphatic rings. The third kappa shape index (κ3) is 14.5. The molecular weight excluding hydrogens is 480 g/mol. The van der Waals surface area contributed by atoms with E-state index < -0.39 is 0 Å². The minimum absolute atomic E-state index is 0.622. The van der Waals surface area contributed by atoms with Crippen molar-refractivity contribution in [3.05, 3.63) is 74.7 Å². The summed E-state index contributed by atoms with van der Waals surface area (Å²) in [7, 11) is 4.69. The molecule has 0 bridgehead atoms. The van der Waals surface area contributed by atoms with Crippen molar-refractivity contribution in [2.24, 2.45) is 10.2 Å². The Labute approximate surface area is 143 Å². The van der Waals surface area contributed by atoms with E-state index in [-0.39, 0.29) is 0 Å². The monoisotopic (exact) mass is 489 g/mol. The minimum atomic E-state index is 0.622. The summed E-state index contributed by atoms with van der Waals surface area (Å²) in [6.07, 6.45) is 1.69. The predicted molar refractivity (Wildman–Crippen MR) is 72.5 cm³/mol. The van der Waals surface area contributed by atoms with Gasteiger partial charge in [0.2, 0.25) is 0 Å². The summed E-state index contributed by atoms with van der Waals surface area (Å²) < 4.78 is 22.5. The Morgan fingerprint density at radius 2 is 1.27 bits per heavy atom. The SMILES string of the molecule is [C-]#[O+].[C-]#[O+].[C-]#[O+].[Cl][Re].c1ccc(N=Nc2ccccn2)cc1. The molecule has 0 saturated heterocycles. The van der Waals surface area contributed by atoms with Crippen LogP contribution in [0.4, 0.5) is 11.5 Å². The van der Waals surface area contributed by atoms with Crippen LogP contribution in [0.1, 0.15) is 0 Å². The maximum absolute atomic E-state index is 7.50. The van der Waals surface area contributed by atoms with Gasteiger partial charge in [-0.1, -0.05) is 24.3 Å². The first-order valence-electron chi connectivity index (χ1n) is 5.08. The summed E-state index contributed by atoms with van der Waals surface area (Å²) >= 11 is 1.19. The number of pyridine rings is 1. The third-order valence-electron chi connectivity index (χ3n) is 1.67. The molecule has 22 heavy (non-hydrogen) atoms. The van der Waals surface area contributed by atoms with E-state index >= 15 is 0 Å². The molecule has 112 valence electrons. The van der Waals surface area contributed by atoms with Crippen LogP contribution in [0.3, 0.4) is 0 Å². The maximum Gasteiger partial charge on any atom is 0.174 e. The van der Waals surface area contributed by atoms with Gasteiger partial charge in [0.15, 0.2) is 5.82 Å². The summed E-state index contributed by atoms with van der Waals surface area (Å²) in [6.45, 7) is 13.5. The minimum Gasteiger partial charge on any atom is -0.236 e. The molecule has 2 rings (SSSR count). The molecule has 0 radical (unpaired) electrons. The molecule has 0 aliphatic carbocycles. The van der Waals surface area contributed by atoms with Gasteiger partial charge in [-0.2, -0.15) is 0 Å². The van der Waals surface area contributed by atoms with E-state index in [2.05, 4.69) is 35.2 Å². The molecule has 0 amide bonds. The molecule has 1 heterocycles. The van der Waals surface area contributed by atoms with Crippen molar-refractivity contribution in [2.45, 2.75) is 0 Å². The number of halogens is 1. The third-order valence-corrected chi connectivity index (χ3v) is 1.67. The van der Waals surface area contributed by atoms with Crippen molar-refractivity contribution >= 4 is 21.0 Å². The van der Waals surface area contributed by atoms with E-state index in [0.29, 0.717) is 5.82 Å². The summed E-state index contributed by atoms with van der Waals surface area (Å²) in [5.74, 6) is 0.622. The number of aromatic nitrogens is 1. The Morgan fingerprint density at radius 3 is 1.73 bits per heavy atom. The van der Waals surface area contributed by atoms with Gasteiger partial charge in [-0.3, -0.25) is 0 Å². The first kappa shape index (κ1) is 25.1. The second kappa shape index (κ2) is 24.2. The summed E-state index contributed by atoms with van der Waals surface area (Å²) in [5, 5.41) is 8.03. The van der Waals surface area contributed by atoms with E-state index in [0.717, 1.165) is 5.69 Å². The molecule has 6 nitrogen and oxygen atoms in total. The molecule has 0 N–H and O–H groups in total. The fourth-order valence-corrected chi connectivity index (χ4v) is 1.02. The molecule has 0 spiro atoms. The molecule has 1 aromatic heterocycles. The van der Waals surface area contributed by atoms with Crippen LogP contribution < -0.4 is 0 Å². The number of nitrogens with zero attached hydrogens (tertiary/aromatic N) is 3. The van der Waals surface area contributed by atoms with Gasteiger partial charge in [0.25, 0.3) is 0 Å². The van der Waals surface area contributed by atoms with Crippen molar-refractivity contribution < 1.29 is 32.1 Å². The van der Waals surface area contributed by atoms with Crippen LogP contribution in [0, 0.1) is 20.0 Å². The van der Waals surface area contributed by atoms with E-state index in [1.165, 1.54) is 18.2 Å². The van der Waals surface area contributed by atoms with Crippen LogP contribution in [0.15, 0.2) is 65.0 Å². The second-order valence-corrected chi connectivity index (χ2v) is 2.72. The Hall–Kier alpha value is -1.86. The summed E-state index contributed by atoms with van der Waals surface area (Å²) in [6, 6.07) is 15.1. The first-order chi connectivity index (χ1) is 10.9. The zero-order chi connectivity index (χ0) is 17.6. The van der Waals surface area contributed by atoms with Crippen molar-refractivity contribution in [2.75, 3.05) is 0 Å². The van der Waals surface area contributed by atoms with Crippen LogP contribution in [0.2, 0.25) is 0 Å². The first-order valence-corrected chi connectivity index (χ1v) is 8.45. The number of benzene rings is 1. The van der Waals surface area contributed by atoms with Crippen LogP contribution in [-0.4, -0.2) is 4.98 Å². The van der Waals surface area contributed by atoms with Crippen molar-refractivity contribution in [1.29, 1.82) is 0 Å². The van der Waals surface area contributed by atoms with Crippen LogP contribution in [0.5, 0.6) is 0 Å². The average molecular weight is 489 g/mol. The van der Waals surface area contributed by atoms with Crippen LogP contribution in [0.25, 0.3) is 0 Å². The fraction of sp³-hybridized carbons (Fsp3) is 0. The quantitative estimate of drug-likeness (QED) is 0.355. The van der Waals surface area contributed by atoms with E-state index in [4.69, 9.17) is 23.5 Å². The Kier molecular flexibility index (Phi) is 27.6. The van der Waals surface area contributed by atoms with E-state index in [1.807, 2.05) is 48.5 Å². The van der Waals surface area contributed by atoms with Gasteiger partial charge in [0.05, 0.1) is 5.69 Å². The molecule has 1 aromatic carbocycles. The zero-order valence-corrected chi connectivity index (χ0v) is 14.5. The molecule has 8 heteroatoms. The molecule has 0 unspecified atom stereocenters. The van der Waals surface area contributed by atoms with Gasteiger partial charge in [-0.25, -0.2) is 4.98 Å². The average Bonchev–Trinajstić information content (AvgIpc) is 2.68. The number of azo groups is 1. The number of hydrogen-bond donors (Lipinski definition) is 0. The number of hydrogen-bond acceptors (Lipinski definition) is 3. The number of rotatable bonds is 2. The predicted octanol–water partition coefficient (Wildman–Crippen LogP) is 4.07. The van der Waals surface area contributed by atoms with Gasteiger partial charge < -0.3 is 0 Å². The molecule has 0 aliphatic heterocycles. The van der Waals surface area contributed by atoms with E-state index in [1.54, 1.807) is 6.20 Å². The molecule has 2 aromatic rings. The smallest absolute Gasteiger partial charge is 0.174 e. The zero-order valence-electron chi connectivity index (χ0n) is 11.0. The Morgan fingerprint density at radius 1 is 0.773 bits per heavy atom. The van der Waals surface area contributed by atoms with Gasteiger partial charge in [-0.05, 0) is 24.3 Å². The normalized spacial score (nSPS) is 7.27. The van der Waals surface area contributed by atoms with Crippen LogP contribution in [-0.2, 0) is 32.1 Å².